The molecule has 7 nitrogen and oxygen atoms in total. The second-order valence-electron chi connectivity index (χ2n) is 6.14. The lowest BCUT2D eigenvalue weighted by molar-refractivity contribution is -0.145. The monoisotopic (exact) mass is 350 g/mol. The Kier molecular flexibility index (Phi) is 8.46. The van der Waals surface area contributed by atoms with Crippen molar-refractivity contribution in [1.29, 1.82) is 0 Å². The van der Waals surface area contributed by atoms with Crippen LogP contribution in [0, 0.1) is 5.92 Å². The maximum Gasteiger partial charge on any atom is 0.408 e. The fraction of sp³-hybridized carbons (Fsp3) is 0.500. The van der Waals surface area contributed by atoms with E-state index in [1.54, 1.807) is 0 Å². The van der Waals surface area contributed by atoms with Crippen LogP contribution in [0.25, 0.3) is 0 Å². The Balaban J connectivity index is 2.48. The van der Waals surface area contributed by atoms with Gasteiger partial charge in [-0.2, -0.15) is 0 Å². The number of alkyl carbamates (subject to hydrolysis) is 1. The molecule has 0 spiro atoms. The van der Waals surface area contributed by atoms with E-state index in [1.165, 1.54) is 14.0 Å². The van der Waals surface area contributed by atoms with Crippen molar-refractivity contribution in [3.05, 3.63) is 35.9 Å². The number of hydrogen-bond donors (Lipinski definition) is 2. The number of amides is 2. The minimum Gasteiger partial charge on any atom is -0.467 e. The van der Waals surface area contributed by atoms with Gasteiger partial charge in [0.05, 0.1) is 7.11 Å². The smallest absolute Gasteiger partial charge is 0.408 e. The Morgan fingerprint density at radius 3 is 2.24 bits per heavy atom. The summed E-state index contributed by atoms with van der Waals surface area (Å²) in [5, 5.41) is 5.03. The minimum absolute atomic E-state index is 0.110. The third-order valence-corrected chi connectivity index (χ3v) is 3.45. The second-order valence-corrected chi connectivity index (χ2v) is 6.14. The van der Waals surface area contributed by atoms with Crippen molar-refractivity contribution in [2.75, 3.05) is 7.11 Å². The van der Waals surface area contributed by atoms with Crippen molar-refractivity contribution in [1.82, 2.24) is 10.6 Å². The Labute approximate surface area is 148 Å². The Bertz CT molecular complexity index is 574. The van der Waals surface area contributed by atoms with Crippen molar-refractivity contribution >= 4 is 18.0 Å². The zero-order valence-corrected chi connectivity index (χ0v) is 15.1. The number of benzene rings is 1. The number of esters is 1. The number of hydrogen-bond acceptors (Lipinski definition) is 5. The Hall–Kier alpha value is -2.57. The van der Waals surface area contributed by atoms with Crippen molar-refractivity contribution in [2.45, 2.75) is 45.9 Å². The summed E-state index contributed by atoms with van der Waals surface area (Å²) in [6, 6.07) is 7.62. The summed E-state index contributed by atoms with van der Waals surface area (Å²) >= 11 is 0. The van der Waals surface area contributed by atoms with Crippen molar-refractivity contribution in [2.24, 2.45) is 5.92 Å². The lowest BCUT2D eigenvalue weighted by Gasteiger charge is -2.21. The molecular formula is C18H26N2O5. The Morgan fingerprint density at radius 2 is 1.68 bits per heavy atom. The highest BCUT2D eigenvalue weighted by Crippen LogP contribution is 2.07. The van der Waals surface area contributed by atoms with E-state index in [0.29, 0.717) is 6.42 Å². The zero-order valence-electron chi connectivity index (χ0n) is 15.1. The maximum atomic E-state index is 12.2. The number of carbonyl (C=O) groups is 3. The molecule has 0 bridgehead atoms. The van der Waals surface area contributed by atoms with Crippen molar-refractivity contribution in [3.8, 4) is 0 Å². The van der Waals surface area contributed by atoms with Gasteiger partial charge in [-0.3, -0.25) is 4.79 Å². The average molecular weight is 350 g/mol. The first-order chi connectivity index (χ1) is 11.8. The highest BCUT2D eigenvalue weighted by molar-refractivity contribution is 5.89. The molecule has 2 atom stereocenters. The topological polar surface area (TPSA) is 93.7 Å². The number of nitrogens with one attached hydrogen (secondary N) is 2. The first-order valence-electron chi connectivity index (χ1n) is 8.19. The van der Waals surface area contributed by atoms with Gasteiger partial charge in [-0.25, -0.2) is 9.59 Å². The highest BCUT2D eigenvalue weighted by Gasteiger charge is 2.25. The van der Waals surface area contributed by atoms with E-state index in [9.17, 15) is 14.4 Å². The van der Waals surface area contributed by atoms with Crippen LogP contribution in [0.2, 0.25) is 0 Å². The summed E-state index contributed by atoms with van der Waals surface area (Å²) in [7, 11) is 1.27. The van der Waals surface area contributed by atoms with Crippen molar-refractivity contribution in [3.63, 3.8) is 0 Å². The predicted octanol–water partition coefficient (Wildman–Crippen LogP) is 2.01. The molecule has 0 heterocycles. The molecule has 1 rings (SSSR count). The molecule has 2 N–H and O–H groups in total. The molecule has 0 aromatic heterocycles. The molecule has 138 valence electrons. The quantitative estimate of drug-likeness (QED) is 0.700. The van der Waals surface area contributed by atoms with E-state index in [1.807, 2.05) is 44.2 Å². The van der Waals surface area contributed by atoms with Gasteiger partial charge in [0.25, 0.3) is 0 Å². The van der Waals surface area contributed by atoms with E-state index in [2.05, 4.69) is 10.6 Å². The highest BCUT2D eigenvalue weighted by atomic mass is 16.5. The molecular weight excluding hydrogens is 324 g/mol. The van der Waals surface area contributed by atoms with Gasteiger partial charge in [0.2, 0.25) is 5.91 Å². The molecule has 0 saturated heterocycles. The standard InChI is InChI=1S/C18H26N2O5/c1-12(2)10-15(17(22)24-4)20-16(21)13(3)19-18(23)25-11-14-8-6-5-7-9-14/h5-9,12-13,15H,10-11H2,1-4H3,(H,19,23)(H,20,21)/t13-,15-/m0/s1. The number of rotatable bonds is 8. The van der Waals surface area contributed by atoms with E-state index >= 15 is 0 Å². The van der Waals surface area contributed by atoms with Gasteiger partial charge in [-0.15, -0.1) is 0 Å². The third-order valence-electron chi connectivity index (χ3n) is 3.45. The van der Waals surface area contributed by atoms with Crippen LogP contribution >= 0.6 is 0 Å². The number of ether oxygens (including phenoxy) is 2. The summed E-state index contributed by atoms with van der Waals surface area (Å²) in [5.74, 6) is -0.794. The maximum absolute atomic E-state index is 12.2. The average Bonchev–Trinajstić information content (AvgIpc) is 2.59. The molecule has 1 aromatic rings. The largest absolute Gasteiger partial charge is 0.467 e. The SMILES string of the molecule is COC(=O)[C@H](CC(C)C)NC(=O)[C@H](C)NC(=O)OCc1ccccc1. The van der Waals surface area contributed by atoms with Gasteiger partial charge in [0.15, 0.2) is 0 Å². The van der Waals surface area contributed by atoms with Gasteiger partial charge in [-0.1, -0.05) is 44.2 Å². The molecule has 0 aliphatic carbocycles. The number of carbonyl (C=O) groups excluding carboxylic acids is 3. The van der Waals surface area contributed by atoms with Crippen LogP contribution in [-0.2, 0) is 25.7 Å². The summed E-state index contributed by atoms with van der Waals surface area (Å²) in [6.45, 7) is 5.50. The molecule has 0 saturated carbocycles. The van der Waals surface area contributed by atoms with Crippen LogP contribution < -0.4 is 10.6 Å². The lowest BCUT2D eigenvalue weighted by atomic mass is 10.0. The summed E-state index contributed by atoms with van der Waals surface area (Å²) < 4.78 is 9.76. The van der Waals surface area contributed by atoms with Crippen LogP contribution in [0.1, 0.15) is 32.8 Å². The van der Waals surface area contributed by atoms with Crippen LogP contribution in [0.3, 0.4) is 0 Å². The molecule has 7 heteroatoms. The van der Waals surface area contributed by atoms with E-state index in [0.717, 1.165) is 5.56 Å². The lowest BCUT2D eigenvalue weighted by Crippen LogP contribution is -2.51. The van der Waals surface area contributed by atoms with Gasteiger partial charge < -0.3 is 20.1 Å². The van der Waals surface area contributed by atoms with Crippen LogP contribution in [0.5, 0.6) is 0 Å². The first kappa shape index (κ1) is 20.5. The zero-order chi connectivity index (χ0) is 18.8. The summed E-state index contributed by atoms with van der Waals surface area (Å²) in [6.07, 6.45) is -0.256. The second kappa shape index (κ2) is 10.3. The first-order valence-corrected chi connectivity index (χ1v) is 8.19. The predicted molar refractivity (Wildman–Crippen MR) is 92.6 cm³/mol. The van der Waals surface area contributed by atoms with Crippen LogP contribution in [0.15, 0.2) is 30.3 Å². The molecule has 25 heavy (non-hydrogen) atoms. The summed E-state index contributed by atoms with van der Waals surface area (Å²) in [4.78, 5) is 35.7. The molecule has 0 fully saturated rings. The molecule has 0 unspecified atom stereocenters. The van der Waals surface area contributed by atoms with Gasteiger partial charge in [-0.05, 0) is 24.8 Å². The molecule has 0 aliphatic rings. The fourth-order valence-corrected chi connectivity index (χ4v) is 2.13. The van der Waals surface area contributed by atoms with Gasteiger partial charge in [0.1, 0.15) is 18.7 Å². The van der Waals surface area contributed by atoms with Crippen LogP contribution in [-0.4, -0.2) is 37.2 Å². The minimum atomic E-state index is -0.845. The van der Waals surface area contributed by atoms with E-state index in [4.69, 9.17) is 9.47 Å². The normalized spacial score (nSPS) is 12.8. The molecule has 0 aliphatic heterocycles. The van der Waals surface area contributed by atoms with E-state index < -0.39 is 30.1 Å². The van der Waals surface area contributed by atoms with Gasteiger partial charge >= 0.3 is 12.1 Å². The third kappa shape index (κ3) is 7.69. The molecule has 0 radical (unpaired) electrons. The van der Waals surface area contributed by atoms with E-state index in [-0.39, 0.29) is 12.5 Å². The number of methoxy groups -OCH3 is 1. The Morgan fingerprint density at radius 1 is 1.04 bits per heavy atom. The van der Waals surface area contributed by atoms with Gasteiger partial charge in [0, 0.05) is 0 Å². The van der Waals surface area contributed by atoms with Crippen LogP contribution in [0.4, 0.5) is 4.79 Å². The summed E-state index contributed by atoms with van der Waals surface area (Å²) in [5.41, 5.74) is 0.845. The fourth-order valence-electron chi connectivity index (χ4n) is 2.13. The molecule has 2 amide bonds. The molecule has 1 aromatic carbocycles. The van der Waals surface area contributed by atoms with Crippen molar-refractivity contribution < 1.29 is 23.9 Å².